The van der Waals surface area contributed by atoms with Crippen molar-refractivity contribution >= 4 is 22.6 Å². The highest BCUT2D eigenvalue weighted by atomic mass is 32.2. The molecule has 0 aromatic heterocycles. The highest BCUT2D eigenvalue weighted by Crippen LogP contribution is 2.36. The average molecular weight is 283 g/mol. The largest absolute Gasteiger partial charge is 0.316 e. The first-order valence-electron chi connectivity index (χ1n) is 6.44. The van der Waals surface area contributed by atoms with Gasteiger partial charge in [-0.05, 0) is 31.0 Å². The van der Waals surface area contributed by atoms with E-state index < -0.39 is 10.8 Å². The second-order valence-corrected chi connectivity index (χ2v) is 8.00. The summed E-state index contributed by atoms with van der Waals surface area (Å²) in [6.45, 7) is 4.06. The quantitative estimate of drug-likeness (QED) is 0.813. The molecule has 0 bridgehead atoms. The van der Waals surface area contributed by atoms with Gasteiger partial charge in [-0.15, -0.1) is 11.8 Å². The van der Waals surface area contributed by atoms with Gasteiger partial charge in [-0.3, -0.25) is 4.21 Å². The van der Waals surface area contributed by atoms with E-state index in [9.17, 15) is 4.21 Å². The summed E-state index contributed by atoms with van der Waals surface area (Å²) < 4.78 is 11.2. The SMILES string of the molecule is CC(CCNCC1Cc2ccccc2S1)S(C)=O. The Bertz CT molecular complexity index is 397. The zero-order valence-electron chi connectivity index (χ0n) is 11.0. The number of hydrogen-bond donors (Lipinski definition) is 1. The number of nitrogens with one attached hydrogen (secondary N) is 1. The number of thioether (sulfide) groups is 1. The summed E-state index contributed by atoms with van der Waals surface area (Å²) in [5, 5.41) is 4.45. The van der Waals surface area contributed by atoms with Crippen LogP contribution in [0.15, 0.2) is 29.2 Å². The van der Waals surface area contributed by atoms with Crippen molar-refractivity contribution in [3.63, 3.8) is 0 Å². The summed E-state index contributed by atoms with van der Waals surface area (Å²) in [5.41, 5.74) is 1.48. The minimum Gasteiger partial charge on any atom is -0.316 e. The highest BCUT2D eigenvalue weighted by Gasteiger charge is 2.21. The third kappa shape index (κ3) is 3.84. The lowest BCUT2D eigenvalue weighted by Gasteiger charge is -2.12. The Morgan fingerprint density at radius 1 is 1.50 bits per heavy atom. The molecular formula is C14H21NOS2. The Hall–Kier alpha value is -0.320. The molecule has 0 saturated carbocycles. The van der Waals surface area contributed by atoms with Gasteiger partial charge in [0.15, 0.2) is 0 Å². The average Bonchev–Trinajstić information content (AvgIpc) is 2.76. The van der Waals surface area contributed by atoms with E-state index >= 15 is 0 Å². The molecule has 100 valence electrons. The van der Waals surface area contributed by atoms with Crippen molar-refractivity contribution in [3.8, 4) is 0 Å². The lowest BCUT2D eigenvalue weighted by atomic mass is 10.1. The van der Waals surface area contributed by atoms with Crippen molar-refractivity contribution in [2.75, 3.05) is 19.3 Å². The second-order valence-electron chi connectivity index (χ2n) is 4.85. The Kier molecular flexibility index (Phi) is 5.27. The van der Waals surface area contributed by atoms with Crippen molar-refractivity contribution in [1.29, 1.82) is 0 Å². The molecule has 2 nitrogen and oxygen atoms in total. The molecule has 0 spiro atoms. The van der Waals surface area contributed by atoms with Gasteiger partial charge in [-0.25, -0.2) is 0 Å². The minimum atomic E-state index is -0.693. The molecule has 1 aliphatic rings. The molecule has 0 aliphatic carbocycles. The molecule has 1 heterocycles. The van der Waals surface area contributed by atoms with Gasteiger partial charge in [0.1, 0.15) is 0 Å². The van der Waals surface area contributed by atoms with Gasteiger partial charge in [0.2, 0.25) is 0 Å². The summed E-state index contributed by atoms with van der Waals surface area (Å²) in [5.74, 6) is 0. The Balaban J connectivity index is 1.67. The fourth-order valence-corrected chi connectivity index (χ4v) is 3.83. The van der Waals surface area contributed by atoms with Crippen LogP contribution < -0.4 is 5.32 Å². The molecule has 1 aromatic carbocycles. The first-order chi connectivity index (χ1) is 8.66. The zero-order valence-corrected chi connectivity index (χ0v) is 12.7. The fraction of sp³-hybridized carbons (Fsp3) is 0.571. The topological polar surface area (TPSA) is 29.1 Å². The van der Waals surface area contributed by atoms with Gasteiger partial charge >= 0.3 is 0 Å². The molecule has 3 atom stereocenters. The van der Waals surface area contributed by atoms with Crippen LogP contribution in [0.25, 0.3) is 0 Å². The molecule has 1 N–H and O–H groups in total. The standard InChI is InChI=1S/C14H21NOS2/c1-11(18(2)16)7-8-15-10-13-9-12-5-3-4-6-14(12)17-13/h3-6,11,13,15H,7-10H2,1-2H3. The van der Waals surface area contributed by atoms with Crippen LogP contribution in [-0.4, -0.2) is 34.1 Å². The van der Waals surface area contributed by atoms with Crippen LogP contribution in [0, 0.1) is 0 Å². The van der Waals surface area contributed by atoms with Gasteiger partial charge in [0.25, 0.3) is 0 Å². The van der Waals surface area contributed by atoms with Crippen LogP contribution in [-0.2, 0) is 17.2 Å². The molecule has 1 aromatic rings. The van der Waals surface area contributed by atoms with Crippen molar-refractivity contribution < 1.29 is 4.21 Å². The maximum Gasteiger partial charge on any atom is 0.0329 e. The normalized spacial score (nSPS) is 21.6. The third-order valence-electron chi connectivity index (χ3n) is 3.38. The molecule has 4 heteroatoms. The maximum absolute atomic E-state index is 11.2. The highest BCUT2D eigenvalue weighted by molar-refractivity contribution is 8.00. The van der Waals surface area contributed by atoms with E-state index in [4.69, 9.17) is 0 Å². The van der Waals surface area contributed by atoms with Crippen LogP contribution in [0.1, 0.15) is 18.9 Å². The van der Waals surface area contributed by atoms with E-state index in [0.717, 1.165) is 19.5 Å². The van der Waals surface area contributed by atoms with Crippen LogP contribution in [0.2, 0.25) is 0 Å². The molecule has 3 unspecified atom stereocenters. The lowest BCUT2D eigenvalue weighted by molar-refractivity contribution is 0.619. The summed E-state index contributed by atoms with van der Waals surface area (Å²) >= 11 is 1.98. The molecular weight excluding hydrogens is 262 g/mol. The zero-order chi connectivity index (χ0) is 13.0. The Morgan fingerprint density at radius 3 is 3.00 bits per heavy atom. The summed E-state index contributed by atoms with van der Waals surface area (Å²) in [7, 11) is -0.693. The monoisotopic (exact) mass is 283 g/mol. The van der Waals surface area contributed by atoms with E-state index in [0.29, 0.717) is 10.5 Å². The van der Waals surface area contributed by atoms with E-state index in [1.807, 2.05) is 11.8 Å². The van der Waals surface area contributed by atoms with E-state index in [1.54, 1.807) is 6.26 Å². The number of rotatable bonds is 6. The predicted octanol–water partition coefficient (Wildman–Crippen LogP) is 2.45. The Labute approximate surface area is 116 Å². The molecule has 0 amide bonds. The van der Waals surface area contributed by atoms with E-state index in [-0.39, 0.29) is 0 Å². The van der Waals surface area contributed by atoms with Gasteiger partial charge in [-0.1, -0.05) is 25.1 Å². The Morgan fingerprint density at radius 2 is 2.28 bits per heavy atom. The predicted molar refractivity (Wildman–Crippen MR) is 80.8 cm³/mol. The van der Waals surface area contributed by atoms with Crippen LogP contribution >= 0.6 is 11.8 Å². The van der Waals surface area contributed by atoms with Crippen LogP contribution in [0.3, 0.4) is 0 Å². The molecule has 1 aliphatic heterocycles. The van der Waals surface area contributed by atoms with Gasteiger partial charge in [0, 0.05) is 39.0 Å². The maximum atomic E-state index is 11.2. The van der Waals surface area contributed by atoms with Crippen molar-refractivity contribution in [2.45, 2.75) is 35.2 Å². The molecule has 2 rings (SSSR count). The minimum absolute atomic E-state index is 0.297. The van der Waals surface area contributed by atoms with Gasteiger partial charge < -0.3 is 5.32 Å². The van der Waals surface area contributed by atoms with Gasteiger partial charge in [0.05, 0.1) is 0 Å². The summed E-state index contributed by atoms with van der Waals surface area (Å²) in [4.78, 5) is 1.44. The van der Waals surface area contributed by atoms with E-state index in [2.05, 4.69) is 36.5 Å². The van der Waals surface area contributed by atoms with Crippen molar-refractivity contribution in [3.05, 3.63) is 29.8 Å². The number of benzene rings is 1. The molecule has 0 radical (unpaired) electrons. The molecule has 0 saturated heterocycles. The lowest BCUT2D eigenvalue weighted by Crippen LogP contribution is -2.27. The van der Waals surface area contributed by atoms with Crippen LogP contribution in [0.4, 0.5) is 0 Å². The smallest absolute Gasteiger partial charge is 0.0329 e. The third-order valence-corrected chi connectivity index (χ3v) is 6.07. The van der Waals surface area contributed by atoms with Crippen molar-refractivity contribution in [1.82, 2.24) is 5.32 Å². The van der Waals surface area contributed by atoms with Crippen molar-refractivity contribution in [2.24, 2.45) is 0 Å². The fourth-order valence-electron chi connectivity index (χ4n) is 2.10. The first kappa shape index (κ1) is 14.1. The molecule has 0 fully saturated rings. The number of hydrogen-bond acceptors (Lipinski definition) is 3. The summed E-state index contributed by atoms with van der Waals surface area (Å²) in [6.07, 6.45) is 3.95. The van der Waals surface area contributed by atoms with Gasteiger partial charge in [-0.2, -0.15) is 0 Å². The summed E-state index contributed by atoms with van der Waals surface area (Å²) in [6, 6.07) is 8.67. The molecule has 18 heavy (non-hydrogen) atoms. The number of fused-ring (bicyclic) bond motifs is 1. The van der Waals surface area contributed by atoms with Crippen LogP contribution in [0.5, 0.6) is 0 Å². The van der Waals surface area contributed by atoms with E-state index in [1.165, 1.54) is 16.9 Å². The second kappa shape index (κ2) is 6.73. The first-order valence-corrected chi connectivity index (χ1v) is 8.94.